The summed E-state index contributed by atoms with van der Waals surface area (Å²) in [6.07, 6.45) is 2.47. The zero-order chi connectivity index (χ0) is 28.6. The van der Waals surface area contributed by atoms with Gasteiger partial charge in [0.25, 0.3) is 5.91 Å². The Hall–Kier alpha value is -4.86. The Bertz CT molecular complexity index is 1520. The molecular formula is C31H32N6O4. The molecule has 1 saturated carbocycles. The summed E-state index contributed by atoms with van der Waals surface area (Å²) in [5, 5.41) is 11.6. The molecule has 1 unspecified atom stereocenters. The molecule has 41 heavy (non-hydrogen) atoms. The fourth-order valence-corrected chi connectivity index (χ4v) is 5.63. The summed E-state index contributed by atoms with van der Waals surface area (Å²) in [6, 6.07) is 21.1. The predicted molar refractivity (Wildman–Crippen MR) is 155 cm³/mol. The standard InChI is InChI=1S/C31H32N6O4/c1-31(22-13-14-22)27(38)37(30(41)35-31)24-11-5-7-20(17-24)18-32-29(40)36-16-15-25-21(19-36)8-6-12-26(25)34-28(39)33-23-9-3-2-4-10-23/h2-12,17,22H,13-16,18-19H2,1H3,(H,32,40)(H,35,41)(H2,33,34,39). The van der Waals surface area contributed by atoms with Crippen LogP contribution < -0.4 is 26.2 Å². The maximum absolute atomic E-state index is 13.1. The van der Waals surface area contributed by atoms with Crippen molar-refractivity contribution in [1.82, 2.24) is 15.5 Å². The van der Waals surface area contributed by atoms with Gasteiger partial charge in [-0.2, -0.15) is 0 Å². The Labute approximate surface area is 238 Å². The molecule has 3 aromatic carbocycles. The second kappa shape index (κ2) is 10.6. The normalized spacial score (nSPS) is 19.8. The number of carbonyl (C=O) groups is 4. The van der Waals surface area contributed by atoms with Crippen LogP contribution in [-0.2, 0) is 24.3 Å². The Balaban J connectivity index is 1.06. The van der Waals surface area contributed by atoms with Crippen LogP contribution in [0.25, 0.3) is 0 Å². The third kappa shape index (κ3) is 5.32. The summed E-state index contributed by atoms with van der Waals surface area (Å²) in [7, 11) is 0. The van der Waals surface area contributed by atoms with Gasteiger partial charge in [-0.15, -0.1) is 0 Å². The molecule has 1 aliphatic carbocycles. The van der Waals surface area contributed by atoms with E-state index in [1.165, 1.54) is 4.90 Å². The van der Waals surface area contributed by atoms with E-state index in [-0.39, 0.29) is 30.4 Å². The van der Waals surface area contributed by atoms with Crippen LogP contribution in [0.2, 0.25) is 0 Å². The number of hydrogen-bond acceptors (Lipinski definition) is 4. The van der Waals surface area contributed by atoms with Crippen molar-refractivity contribution < 1.29 is 19.2 Å². The first-order valence-electron chi connectivity index (χ1n) is 13.8. The molecule has 10 nitrogen and oxygen atoms in total. The van der Waals surface area contributed by atoms with Crippen LogP contribution in [0, 0.1) is 5.92 Å². The van der Waals surface area contributed by atoms with E-state index in [0.717, 1.165) is 35.2 Å². The van der Waals surface area contributed by atoms with Crippen LogP contribution in [0.3, 0.4) is 0 Å². The molecule has 0 bridgehead atoms. The van der Waals surface area contributed by atoms with E-state index >= 15 is 0 Å². The van der Waals surface area contributed by atoms with Crippen LogP contribution >= 0.6 is 0 Å². The molecule has 1 saturated heterocycles. The fraction of sp³-hybridized carbons (Fsp3) is 0.290. The van der Waals surface area contributed by atoms with Crippen molar-refractivity contribution in [2.75, 3.05) is 22.1 Å². The second-order valence-electron chi connectivity index (χ2n) is 10.9. The van der Waals surface area contributed by atoms with Gasteiger partial charge in [0, 0.05) is 31.0 Å². The summed E-state index contributed by atoms with van der Waals surface area (Å²) in [6.45, 7) is 2.96. The maximum atomic E-state index is 13.1. The highest BCUT2D eigenvalue weighted by Gasteiger charge is 2.56. The topological polar surface area (TPSA) is 123 Å². The van der Waals surface area contributed by atoms with Crippen molar-refractivity contribution >= 4 is 41.1 Å². The lowest BCUT2D eigenvalue weighted by molar-refractivity contribution is -0.122. The van der Waals surface area contributed by atoms with Crippen molar-refractivity contribution in [3.05, 3.63) is 89.5 Å². The molecule has 1 atom stereocenters. The molecule has 4 N–H and O–H groups in total. The molecule has 2 aliphatic heterocycles. The molecule has 210 valence electrons. The highest BCUT2D eigenvalue weighted by molar-refractivity contribution is 6.23. The smallest absolute Gasteiger partial charge is 0.329 e. The zero-order valence-corrected chi connectivity index (χ0v) is 22.8. The number of anilines is 3. The van der Waals surface area contributed by atoms with Gasteiger partial charge in [0.05, 0.1) is 5.69 Å². The first kappa shape index (κ1) is 26.4. The molecule has 0 aromatic heterocycles. The Kier molecular flexibility index (Phi) is 6.82. The number of nitrogens with zero attached hydrogens (tertiary/aromatic N) is 2. The van der Waals surface area contributed by atoms with Gasteiger partial charge in [-0.25, -0.2) is 19.3 Å². The number of imide groups is 1. The summed E-state index contributed by atoms with van der Waals surface area (Å²) in [4.78, 5) is 54.3. The fourth-order valence-electron chi connectivity index (χ4n) is 5.63. The van der Waals surface area contributed by atoms with Gasteiger partial charge in [0.2, 0.25) is 0 Å². The van der Waals surface area contributed by atoms with Gasteiger partial charge < -0.3 is 26.2 Å². The summed E-state index contributed by atoms with van der Waals surface area (Å²) in [5.41, 5.74) is 3.84. The predicted octanol–water partition coefficient (Wildman–Crippen LogP) is 4.82. The zero-order valence-electron chi connectivity index (χ0n) is 22.8. The van der Waals surface area contributed by atoms with Gasteiger partial charge in [-0.3, -0.25) is 4.79 Å². The third-order valence-electron chi connectivity index (χ3n) is 8.06. The van der Waals surface area contributed by atoms with Crippen LogP contribution in [0.4, 0.5) is 31.4 Å². The highest BCUT2D eigenvalue weighted by atomic mass is 16.2. The van der Waals surface area contributed by atoms with Crippen LogP contribution in [0.15, 0.2) is 72.8 Å². The molecular weight excluding hydrogens is 520 g/mol. The van der Waals surface area contributed by atoms with Crippen molar-refractivity contribution in [3.8, 4) is 0 Å². The van der Waals surface area contributed by atoms with Gasteiger partial charge in [0.15, 0.2) is 0 Å². The van der Waals surface area contributed by atoms with Crippen molar-refractivity contribution in [3.63, 3.8) is 0 Å². The average molecular weight is 553 g/mol. The Morgan fingerprint density at radius 1 is 0.976 bits per heavy atom. The number of carbonyl (C=O) groups excluding carboxylic acids is 4. The average Bonchev–Trinajstić information content (AvgIpc) is 3.80. The van der Waals surface area contributed by atoms with E-state index in [2.05, 4.69) is 21.3 Å². The van der Waals surface area contributed by atoms with Gasteiger partial charge in [0.1, 0.15) is 5.54 Å². The molecule has 2 heterocycles. The first-order chi connectivity index (χ1) is 19.8. The lowest BCUT2D eigenvalue weighted by Gasteiger charge is -2.30. The Morgan fingerprint density at radius 3 is 2.54 bits per heavy atom. The minimum atomic E-state index is -0.854. The second-order valence-corrected chi connectivity index (χ2v) is 10.9. The number of benzene rings is 3. The van der Waals surface area contributed by atoms with Crippen LogP contribution in [0.5, 0.6) is 0 Å². The summed E-state index contributed by atoms with van der Waals surface area (Å²) in [5.74, 6) is -0.0519. The van der Waals surface area contributed by atoms with Crippen molar-refractivity contribution in [2.24, 2.45) is 5.92 Å². The minimum absolute atomic E-state index is 0.180. The van der Waals surface area contributed by atoms with E-state index < -0.39 is 11.6 Å². The molecule has 10 heteroatoms. The SMILES string of the molecule is CC1(C2CC2)NC(=O)N(c2cccc(CNC(=O)N3CCc4c(cccc4NC(=O)Nc4ccccc4)C3)c2)C1=O. The number of rotatable bonds is 6. The first-order valence-corrected chi connectivity index (χ1v) is 13.8. The number of urea groups is 3. The van der Waals surface area contributed by atoms with Gasteiger partial charge in [-0.1, -0.05) is 42.5 Å². The summed E-state index contributed by atoms with van der Waals surface area (Å²) >= 11 is 0. The number of nitrogens with one attached hydrogen (secondary N) is 4. The van der Waals surface area contributed by atoms with Gasteiger partial charge in [-0.05, 0) is 79.1 Å². The molecule has 0 radical (unpaired) electrons. The molecule has 3 aliphatic rings. The number of hydrogen-bond donors (Lipinski definition) is 4. The highest BCUT2D eigenvalue weighted by Crippen LogP contribution is 2.43. The summed E-state index contributed by atoms with van der Waals surface area (Å²) < 4.78 is 0. The van der Waals surface area contributed by atoms with E-state index in [9.17, 15) is 19.2 Å². The van der Waals surface area contributed by atoms with Gasteiger partial charge >= 0.3 is 18.1 Å². The van der Waals surface area contributed by atoms with E-state index in [1.807, 2.05) is 54.6 Å². The van der Waals surface area contributed by atoms with Crippen LogP contribution in [-0.4, -0.2) is 41.0 Å². The van der Waals surface area contributed by atoms with Crippen molar-refractivity contribution in [1.29, 1.82) is 0 Å². The number of fused-ring (bicyclic) bond motifs is 1. The molecule has 0 spiro atoms. The number of para-hydroxylation sites is 1. The molecule has 7 amide bonds. The molecule has 3 aromatic rings. The van der Waals surface area contributed by atoms with E-state index in [1.54, 1.807) is 30.0 Å². The molecule has 2 fully saturated rings. The van der Waals surface area contributed by atoms with Crippen LogP contribution in [0.1, 0.15) is 36.5 Å². The largest absolute Gasteiger partial charge is 0.334 e. The number of amides is 7. The molecule has 6 rings (SSSR count). The monoisotopic (exact) mass is 552 g/mol. The lowest BCUT2D eigenvalue weighted by atomic mass is 9.96. The Morgan fingerprint density at radius 2 is 1.76 bits per heavy atom. The maximum Gasteiger partial charge on any atom is 0.329 e. The van der Waals surface area contributed by atoms with E-state index in [0.29, 0.717) is 30.9 Å². The quantitative estimate of drug-likeness (QED) is 0.327. The minimum Gasteiger partial charge on any atom is -0.334 e. The lowest BCUT2D eigenvalue weighted by Crippen LogP contribution is -2.46. The van der Waals surface area contributed by atoms with E-state index in [4.69, 9.17) is 0 Å². The third-order valence-corrected chi connectivity index (χ3v) is 8.06. The van der Waals surface area contributed by atoms with Crippen molar-refractivity contribution in [2.45, 2.75) is 44.8 Å².